The molecule has 11 heavy (non-hydrogen) atoms. The van der Waals surface area contributed by atoms with Gasteiger partial charge in [-0.25, -0.2) is 0 Å². The van der Waals surface area contributed by atoms with Crippen LogP contribution in [-0.4, -0.2) is 49.7 Å². The van der Waals surface area contributed by atoms with Gasteiger partial charge in [-0.2, -0.15) is 0 Å². The van der Waals surface area contributed by atoms with Crippen LogP contribution in [0.2, 0.25) is 0 Å². The van der Waals surface area contributed by atoms with Crippen molar-refractivity contribution in [2.24, 2.45) is 0 Å². The van der Waals surface area contributed by atoms with Crippen molar-refractivity contribution in [2.45, 2.75) is 35.7 Å². The van der Waals surface area contributed by atoms with Crippen LogP contribution in [0, 0.1) is 0 Å². The molecule has 0 heterocycles. The fourth-order valence-electron chi connectivity index (χ4n) is 1.15. The fourth-order valence-corrected chi connectivity index (χ4v) is 1.85. The first-order valence-electron chi connectivity index (χ1n) is 3.40. The fraction of sp³-hybridized carbons (Fsp3) is 1.00. The summed E-state index contributed by atoms with van der Waals surface area (Å²) in [7, 11) is 0. The van der Waals surface area contributed by atoms with Gasteiger partial charge in [0.05, 0.1) is 12.2 Å². The lowest BCUT2D eigenvalue weighted by atomic mass is 9.90. The molecule has 1 aliphatic carbocycles. The molecule has 0 unspecified atom stereocenters. The zero-order valence-electron chi connectivity index (χ0n) is 5.76. The van der Waals surface area contributed by atoms with E-state index in [1.807, 2.05) is 0 Å². The molecule has 1 fully saturated rings. The summed E-state index contributed by atoms with van der Waals surface area (Å²) in [6, 6.07) is 0. The van der Waals surface area contributed by atoms with Crippen LogP contribution < -0.4 is 0 Å². The average Bonchev–Trinajstić information content (AvgIpc) is 1.97. The maximum Gasteiger partial charge on any atom is 0.109 e. The SMILES string of the molecule is O[C@@H]1[C@@H](O)[C@@H](O)C[C@H](Br)[C@H]1O. The number of halogens is 1. The average molecular weight is 227 g/mol. The summed E-state index contributed by atoms with van der Waals surface area (Å²) >= 11 is 3.08. The molecule has 0 aliphatic heterocycles. The van der Waals surface area contributed by atoms with E-state index in [1.165, 1.54) is 0 Å². The van der Waals surface area contributed by atoms with E-state index in [1.54, 1.807) is 0 Å². The Morgan fingerprint density at radius 3 is 2.00 bits per heavy atom. The van der Waals surface area contributed by atoms with Crippen molar-refractivity contribution in [3.8, 4) is 0 Å². The molecule has 0 aromatic rings. The number of alkyl halides is 1. The van der Waals surface area contributed by atoms with Crippen LogP contribution in [-0.2, 0) is 0 Å². The molecule has 0 spiro atoms. The summed E-state index contributed by atoms with van der Waals surface area (Å²) in [5, 5.41) is 36.4. The zero-order valence-corrected chi connectivity index (χ0v) is 7.35. The molecule has 0 radical (unpaired) electrons. The molecule has 0 aromatic heterocycles. The molecule has 0 amide bonds. The molecular weight excluding hydrogens is 216 g/mol. The van der Waals surface area contributed by atoms with Crippen molar-refractivity contribution >= 4 is 15.9 Å². The summed E-state index contributed by atoms with van der Waals surface area (Å²) < 4.78 is 0. The molecule has 5 atom stereocenters. The third kappa shape index (κ3) is 1.73. The normalized spacial score (nSPS) is 52.6. The second kappa shape index (κ2) is 3.37. The smallest absolute Gasteiger partial charge is 0.109 e. The standard InChI is InChI=1S/C6H11BrO4/c7-2-1-3(8)5(10)6(11)4(2)9/h2-6,8-11H,1H2/t2-,3-,4+,5-,6-/m0/s1. The largest absolute Gasteiger partial charge is 0.390 e. The number of aliphatic hydroxyl groups is 4. The van der Waals surface area contributed by atoms with Crippen molar-refractivity contribution in [1.29, 1.82) is 0 Å². The van der Waals surface area contributed by atoms with Crippen LogP contribution >= 0.6 is 15.9 Å². The minimum absolute atomic E-state index is 0.249. The molecule has 1 aliphatic rings. The Kier molecular flexibility index (Phi) is 2.88. The maximum atomic E-state index is 9.17. The van der Waals surface area contributed by atoms with E-state index in [9.17, 15) is 0 Å². The van der Waals surface area contributed by atoms with E-state index in [0.29, 0.717) is 0 Å². The molecular formula is C6H11BrO4. The van der Waals surface area contributed by atoms with Gasteiger partial charge in [-0.1, -0.05) is 15.9 Å². The molecule has 1 saturated carbocycles. The Balaban J connectivity index is 2.63. The number of rotatable bonds is 0. The topological polar surface area (TPSA) is 80.9 Å². The Hall–Kier alpha value is 0.320. The second-order valence-electron chi connectivity index (χ2n) is 2.79. The van der Waals surface area contributed by atoms with Crippen LogP contribution in [0.15, 0.2) is 0 Å². The molecule has 0 aromatic carbocycles. The van der Waals surface area contributed by atoms with E-state index in [4.69, 9.17) is 20.4 Å². The van der Waals surface area contributed by atoms with Crippen LogP contribution in [0.5, 0.6) is 0 Å². The van der Waals surface area contributed by atoms with E-state index in [-0.39, 0.29) is 11.2 Å². The van der Waals surface area contributed by atoms with Gasteiger partial charge in [-0.05, 0) is 6.42 Å². The lowest BCUT2D eigenvalue weighted by Crippen LogP contribution is -2.53. The zero-order chi connectivity index (χ0) is 8.59. The lowest BCUT2D eigenvalue weighted by molar-refractivity contribution is -0.131. The molecule has 5 heteroatoms. The second-order valence-corrected chi connectivity index (χ2v) is 3.97. The number of hydrogen-bond acceptors (Lipinski definition) is 4. The van der Waals surface area contributed by atoms with Crippen molar-refractivity contribution in [2.75, 3.05) is 0 Å². The minimum atomic E-state index is -1.26. The van der Waals surface area contributed by atoms with Crippen molar-refractivity contribution < 1.29 is 20.4 Å². The molecule has 0 bridgehead atoms. The summed E-state index contributed by atoms with van der Waals surface area (Å²) in [5.41, 5.74) is 0. The van der Waals surface area contributed by atoms with Gasteiger partial charge in [-0.15, -0.1) is 0 Å². The van der Waals surface area contributed by atoms with Crippen LogP contribution in [0.3, 0.4) is 0 Å². The maximum absolute atomic E-state index is 9.17. The van der Waals surface area contributed by atoms with Gasteiger partial charge in [0.2, 0.25) is 0 Å². The summed E-state index contributed by atoms with van der Waals surface area (Å²) in [4.78, 5) is -0.351. The highest BCUT2D eigenvalue weighted by Crippen LogP contribution is 2.25. The van der Waals surface area contributed by atoms with Crippen LogP contribution in [0.4, 0.5) is 0 Å². The van der Waals surface area contributed by atoms with Gasteiger partial charge >= 0.3 is 0 Å². The molecule has 4 nitrogen and oxygen atoms in total. The minimum Gasteiger partial charge on any atom is -0.390 e. The molecule has 66 valence electrons. The highest BCUT2D eigenvalue weighted by molar-refractivity contribution is 9.09. The molecule has 4 N–H and O–H groups in total. The Morgan fingerprint density at radius 1 is 0.909 bits per heavy atom. The summed E-state index contributed by atoms with van der Waals surface area (Å²) in [5.74, 6) is 0. The van der Waals surface area contributed by atoms with Gasteiger partial charge in [0.15, 0.2) is 0 Å². The first kappa shape index (κ1) is 9.41. The first-order valence-corrected chi connectivity index (χ1v) is 4.32. The van der Waals surface area contributed by atoms with Gasteiger partial charge in [0.25, 0.3) is 0 Å². The lowest BCUT2D eigenvalue weighted by Gasteiger charge is -2.35. The van der Waals surface area contributed by atoms with Crippen molar-refractivity contribution in [1.82, 2.24) is 0 Å². The third-order valence-corrected chi connectivity index (χ3v) is 2.85. The quantitative estimate of drug-likeness (QED) is 0.383. The van der Waals surface area contributed by atoms with Gasteiger partial charge < -0.3 is 20.4 Å². The highest BCUT2D eigenvalue weighted by atomic mass is 79.9. The van der Waals surface area contributed by atoms with E-state index in [2.05, 4.69) is 15.9 Å². The third-order valence-electron chi connectivity index (χ3n) is 1.93. The highest BCUT2D eigenvalue weighted by Gasteiger charge is 2.40. The van der Waals surface area contributed by atoms with Gasteiger partial charge in [-0.3, -0.25) is 0 Å². The van der Waals surface area contributed by atoms with Crippen molar-refractivity contribution in [3.63, 3.8) is 0 Å². The summed E-state index contributed by atoms with van der Waals surface area (Å²) in [6.07, 6.45) is -4.22. The van der Waals surface area contributed by atoms with Gasteiger partial charge in [0.1, 0.15) is 12.2 Å². The number of aliphatic hydroxyl groups excluding tert-OH is 4. The predicted molar refractivity (Wildman–Crippen MR) is 41.4 cm³/mol. The molecule has 1 rings (SSSR count). The van der Waals surface area contributed by atoms with E-state index >= 15 is 0 Å². The Morgan fingerprint density at radius 2 is 1.45 bits per heavy atom. The van der Waals surface area contributed by atoms with Crippen LogP contribution in [0.1, 0.15) is 6.42 Å². The first-order chi connectivity index (χ1) is 5.04. The molecule has 0 saturated heterocycles. The summed E-state index contributed by atoms with van der Waals surface area (Å²) in [6.45, 7) is 0. The number of hydrogen-bond donors (Lipinski definition) is 4. The predicted octanol–water partition coefficient (Wildman–Crippen LogP) is -1.40. The monoisotopic (exact) mass is 226 g/mol. The van der Waals surface area contributed by atoms with E-state index < -0.39 is 24.4 Å². The Labute approximate surface area is 72.6 Å². The van der Waals surface area contributed by atoms with Crippen molar-refractivity contribution in [3.05, 3.63) is 0 Å². The van der Waals surface area contributed by atoms with Gasteiger partial charge in [0, 0.05) is 4.83 Å². The Bertz CT molecular complexity index is 129. The van der Waals surface area contributed by atoms with E-state index in [0.717, 1.165) is 0 Å². The van der Waals surface area contributed by atoms with Crippen LogP contribution in [0.25, 0.3) is 0 Å².